The van der Waals surface area contributed by atoms with Gasteiger partial charge < -0.3 is 15.2 Å². The topological polar surface area (TPSA) is 71.5 Å². The minimum absolute atomic E-state index is 0.114. The molecule has 1 aromatic heterocycles. The molecule has 0 aliphatic rings. The highest BCUT2D eigenvalue weighted by atomic mass is 16.5. The third-order valence-corrected chi connectivity index (χ3v) is 4.02. The van der Waals surface area contributed by atoms with Gasteiger partial charge in [0.25, 0.3) is 5.91 Å². The minimum Gasteiger partial charge on any atom is -0.497 e. The first-order valence-electron chi connectivity index (χ1n) is 8.10. The summed E-state index contributed by atoms with van der Waals surface area (Å²) >= 11 is 0. The number of fused-ring (bicyclic) bond motifs is 1. The lowest BCUT2D eigenvalue weighted by molar-refractivity contribution is 0.0437. The number of methoxy groups -OCH3 is 1. The summed E-state index contributed by atoms with van der Waals surface area (Å²) in [6, 6.07) is 7.15. The highest BCUT2D eigenvalue weighted by Crippen LogP contribution is 2.23. The standard InChI is InChI=1S/C20H24N2O3/c1-5-9-20(24,10-6-2)13-21-19(23)17-11-14(3)22-18-12-15(25-4)7-8-16(17)18/h5-8,11-12,24H,1-2,9-10,13H2,3-4H3,(H,21,23). The second kappa shape index (κ2) is 7.94. The average Bonchev–Trinajstić information content (AvgIpc) is 2.58. The highest BCUT2D eigenvalue weighted by Gasteiger charge is 2.25. The van der Waals surface area contributed by atoms with Gasteiger partial charge in [0, 0.05) is 23.7 Å². The molecule has 0 fully saturated rings. The van der Waals surface area contributed by atoms with Gasteiger partial charge in [0.1, 0.15) is 5.75 Å². The monoisotopic (exact) mass is 340 g/mol. The number of nitrogens with one attached hydrogen (secondary N) is 1. The number of amides is 1. The van der Waals surface area contributed by atoms with Crippen LogP contribution in [0.15, 0.2) is 49.6 Å². The van der Waals surface area contributed by atoms with Crippen LogP contribution in [-0.2, 0) is 0 Å². The lowest BCUT2D eigenvalue weighted by atomic mass is 9.95. The molecule has 0 unspecified atom stereocenters. The molecule has 2 aromatic rings. The molecule has 0 bridgehead atoms. The van der Waals surface area contributed by atoms with E-state index >= 15 is 0 Å². The van der Waals surface area contributed by atoms with Crippen LogP contribution in [0, 0.1) is 6.92 Å². The van der Waals surface area contributed by atoms with E-state index in [0.717, 1.165) is 11.1 Å². The van der Waals surface area contributed by atoms with Gasteiger partial charge in [-0.05, 0) is 38.0 Å². The first-order chi connectivity index (χ1) is 11.9. The summed E-state index contributed by atoms with van der Waals surface area (Å²) in [6.07, 6.45) is 4.00. The number of benzene rings is 1. The number of pyridine rings is 1. The molecule has 1 aromatic carbocycles. The van der Waals surface area contributed by atoms with E-state index in [2.05, 4.69) is 23.5 Å². The summed E-state index contributed by atoms with van der Waals surface area (Å²) in [6.45, 7) is 9.26. The first-order valence-corrected chi connectivity index (χ1v) is 8.10. The van der Waals surface area contributed by atoms with Crippen molar-refractivity contribution in [1.82, 2.24) is 10.3 Å². The Morgan fingerprint density at radius 1 is 1.32 bits per heavy atom. The van der Waals surface area contributed by atoms with E-state index in [4.69, 9.17) is 4.74 Å². The highest BCUT2D eigenvalue weighted by molar-refractivity contribution is 6.06. The predicted molar refractivity (Wildman–Crippen MR) is 99.9 cm³/mol. The third-order valence-electron chi connectivity index (χ3n) is 4.02. The molecular weight excluding hydrogens is 316 g/mol. The summed E-state index contributed by atoms with van der Waals surface area (Å²) in [5.74, 6) is 0.426. The maximum atomic E-state index is 12.7. The first kappa shape index (κ1) is 18.7. The molecule has 0 spiro atoms. The van der Waals surface area contributed by atoms with Crippen molar-refractivity contribution in [3.63, 3.8) is 0 Å². The van der Waals surface area contributed by atoms with Crippen LogP contribution < -0.4 is 10.1 Å². The number of hydrogen-bond acceptors (Lipinski definition) is 4. The van der Waals surface area contributed by atoms with Crippen LogP contribution in [0.5, 0.6) is 5.75 Å². The summed E-state index contributed by atoms with van der Waals surface area (Å²) in [5.41, 5.74) is 0.861. The Kier molecular flexibility index (Phi) is 5.93. The van der Waals surface area contributed by atoms with Gasteiger partial charge in [-0.15, -0.1) is 13.2 Å². The normalized spacial score (nSPS) is 11.2. The van der Waals surface area contributed by atoms with E-state index in [1.165, 1.54) is 0 Å². The Morgan fingerprint density at radius 3 is 2.60 bits per heavy atom. The third kappa shape index (κ3) is 4.45. The number of rotatable bonds is 8. The van der Waals surface area contributed by atoms with Crippen molar-refractivity contribution in [3.05, 3.63) is 60.8 Å². The SMILES string of the molecule is C=CCC(O)(CC=C)CNC(=O)c1cc(C)nc2cc(OC)ccc12. The maximum Gasteiger partial charge on any atom is 0.252 e. The molecule has 5 nitrogen and oxygen atoms in total. The summed E-state index contributed by atoms with van der Waals surface area (Å²) < 4.78 is 5.22. The lowest BCUT2D eigenvalue weighted by Gasteiger charge is -2.26. The molecule has 0 saturated carbocycles. The van der Waals surface area contributed by atoms with E-state index in [1.807, 2.05) is 13.0 Å². The molecule has 132 valence electrons. The van der Waals surface area contributed by atoms with E-state index in [0.29, 0.717) is 29.7 Å². The molecule has 2 N–H and O–H groups in total. The Labute approximate surface area is 148 Å². The molecule has 0 radical (unpaired) electrons. The van der Waals surface area contributed by atoms with Gasteiger partial charge in [-0.25, -0.2) is 0 Å². The Hall–Kier alpha value is -2.66. The van der Waals surface area contributed by atoms with E-state index in [9.17, 15) is 9.90 Å². The van der Waals surface area contributed by atoms with E-state index in [1.54, 1.807) is 37.5 Å². The average molecular weight is 340 g/mol. The number of nitrogens with zero attached hydrogens (tertiary/aromatic N) is 1. The molecule has 1 heterocycles. The number of carbonyl (C=O) groups is 1. The maximum absolute atomic E-state index is 12.7. The van der Waals surface area contributed by atoms with Crippen LogP contribution in [-0.4, -0.2) is 35.3 Å². The zero-order valence-electron chi connectivity index (χ0n) is 14.7. The van der Waals surface area contributed by atoms with Gasteiger partial charge in [0.05, 0.1) is 23.8 Å². The van der Waals surface area contributed by atoms with Crippen LogP contribution in [0.3, 0.4) is 0 Å². The van der Waals surface area contributed by atoms with E-state index in [-0.39, 0.29) is 12.5 Å². The van der Waals surface area contributed by atoms with Crippen LogP contribution in [0.25, 0.3) is 10.9 Å². The van der Waals surface area contributed by atoms with Crippen molar-refractivity contribution in [2.24, 2.45) is 0 Å². The molecule has 2 rings (SSSR count). The smallest absolute Gasteiger partial charge is 0.252 e. The predicted octanol–water partition coefficient (Wildman–Crippen LogP) is 3.16. The lowest BCUT2D eigenvalue weighted by Crippen LogP contribution is -2.42. The van der Waals surface area contributed by atoms with Crippen molar-refractivity contribution < 1.29 is 14.6 Å². The van der Waals surface area contributed by atoms with Gasteiger partial charge in [0.2, 0.25) is 0 Å². The molecule has 25 heavy (non-hydrogen) atoms. The summed E-state index contributed by atoms with van der Waals surface area (Å²) in [5, 5.41) is 14.1. The second-order valence-electron chi connectivity index (χ2n) is 6.09. The van der Waals surface area contributed by atoms with Gasteiger partial charge in [-0.3, -0.25) is 9.78 Å². The molecular formula is C20H24N2O3. The number of aromatic nitrogens is 1. The molecule has 0 atom stereocenters. The van der Waals surface area contributed by atoms with Crippen molar-refractivity contribution >= 4 is 16.8 Å². The summed E-state index contributed by atoms with van der Waals surface area (Å²) in [4.78, 5) is 17.1. The molecule has 0 saturated heterocycles. The van der Waals surface area contributed by atoms with Crippen molar-refractivity contribution in [1.29, 1.82) is 0 Å². The second-order valence-corrected chi connectivity index (χ2v) is 6.09. The number of aryl methyl sites for hydroxylation is 1. The van der Waals surface area contributed by atoms with Gasteiger partial charge in [-0.2, -0.15) is 0 Å². The number of hydrogen-bond donors (Lipinski definition) is 2. The Bertz CT molecular complexity index is 789. The largest absolute Gasteiger partial charge is 0.497 e. The van der Waals surface area contributed by atoms with Crippen LogP contribution in [0.1, 0.15) is 28.9 Å². The zero-order chi connectivity index (χ0) is 18.4. The fourth-order valence-corrected chi connectivity index (χ4v) is 2.76. The summed E-state index contributed by atoms with van der Waals surface area (Å²) in [7, 11) is 1.59. The quantitative estimate of drug-likeness (QED) is 0.724. The van der Waals surface area contributed by atoms with Crippen molar-refractivity contribution in [2.45, 2.75) is 25.4 Å². The molecule has 0 aliphatic carbocycles. The fourth-order valence-electron chi connectivity index (χ4n) is 2.76. The molecule has 1 amide bonds. The Morgan fingerprint density at radius 2 is 2.00 bits per heavy atom. The van der Waals surface area contributed by atoms with Crippen LogP contribution in [0.4, 0.5) is 0 Å². The van der Waals surface area contributed by atoms with Gasteiger partial charge in [0.15, 0.2) is 0 Å². The molecule has 5 heteroatoms. The fraction of sp³-hybridized carbons (Fsp3) is 0.300. The van der Waals surface area contributed by atoms with Gasteiger partial charge in [-0.1, -0.05) is 12.2 Å². The number of ether oxygens (including phenoxy) is 1. The number of carbonyl (C=O) groups excluding carboxylic acids is 1. The van der Waals surface area contributed by atoms with E-state index < -0.39 is 5.60 Å². The van der Waals surface area contributed by atoms with Crippen LogP contribution >= 0.6 is 0 Å². The minimum atomic E-state index is -1.08. The van der Waals surface area contributed by atoms with Crippen molar-refractivity contribution in [3.8, 4) is 5.75 Å². The number of aliphatic hydroxyl groups is 1. The van der Waals surface area contributed by atoms with Crippen LogP contribution in [0.2, 0.25) is 0 Å². The molecule has 0 aliphatic heterocycles. The zero-order valence-corrected chi connectivity index (χ0v) is 14.7. The van der Waals surface area contributed by atoms with Gasteiger partial charge >= 0.3 is 0 Å². The van der Waals surface area contributed by atoms with Crippen molar-refractivity contribution in [2.75, 3.05) is 13.7 Å². The Balaban J connectivity index is 2.29.